The molecule has 172 valence electrons. The molecule has 0 fully saturated rings. The Morgan fingerprint density at radius 2 is 1.65 bits per heavy atom. The number of para-hydroxylation sites is 1. The highest BCUT2D eigenvalue weighted by Crippen LogP contribution is 2.27. The molecule has 3 aromatic rings. The number of primary amides is 1. The van der Waals surface area contributed by atoms with Gasteiger partial charge in [-0.25, -0.2) is 4.99 Å². The summed E-state index contributed by atoms with van der Waals surface area (Å²) >= 11 is 0. The Labute approximate surface area is 198 Å². The maximum atomic E-state index is 13.3. The number of amides is 3. The first-order valence-electron chi connectivity index (χ1n) is 11.0. The summed E-state index contributed by atoms with van der Waals surface area (Å²) < 4.78 is 0. The predicted octanol–water partition coefficient (Wildman–Crippen LogP) is 2.92. The van der Waals surface area contributed by atoms with Gasteiger partial charge in [0.1, 0.15) is 0 Å². The molecule has 0 aliphatic carbocycles. The van der Waals surface area contributed by atoms with E-state index in [2.05, 4.69) is 5.32 Å². The number of nitrogens with one attached hydrogen (secondary N) is 1. The Balaban J connectivity index is 1.68. The lowest BCUT2D eigenvalue weighted by Crippen LogP contribution is -2.47. The molecule has 4 rings (SSSR count). The number of carbonyl (C=O) groups is 3. The highest BCUT2D eigenvalue weighted by Gasteiger charge is 2.31. The molecule has 0 spiro atoms. The lowest BCUT2D eigenvalue weighted by molar-refractivity contribution is -0.129. The predicted molar refractivity (Wildman–Crippen MR) is 132 cm³/mol. The standard InChI is InChI=1S/C27H26N4O3/c1-17(16-18-8-4-3-5-9-18)26(33)30-25-27(34)31(2)22-11-7-6-10-21(22)23(29-25)19-12-14-20(15-13-19)24(28)32/h3-15,17,25H,16H2,1-2H3,(H2,28,32)(H,30,33). The average molecular weight is 455 g/mol. The van der Waals surface area contributed by atoms with Crippen molar-refractivity contribution in [3.05, 3.63) is 101 Å². The van der Waals surface area contributed by atoms with Crippen molar-refractivity contribution in [2.24, 2.45) is 16.6 Å². The zero-order chi connectivity index (χ0) is 24.2. The van der Waals surface area contributed by atoms with Gasteiger partial charge < -0.3 is 16.0 Å². The summed E-state index contributed by atoms with van der Waals surface area (Å²) in [5.41, 5.74) is 9.47. The number of aliphatic imine (C=N–C) groups is 1. The molecule has 0 bridgehead atoms. The van der Waals surface area contributed by atoms with Gasteiger partial charge in [-0.2, -0.15) is 0 Å². The van der Waals surface area contributed by atoms with E-state index in [0.29, 0.717) is 28.9 Å². The molecule has 1 heterocycles. The number of anilines is 1. The summed E-state index contributed by atoms with van der Waals surface area (Å²) in [6.07, 6.45) is -0.539. The molecule has 1 aliphatic heterocycles. The third-order valence-electron chi connectivity index (χ3n) is 5.90. The summed E-state index contributed by atoms with van der Waals surface area (Å²) in [5, 5.41) is 2.83. The molecule has 0 saturated carbocycles. The third-order valence-corrected chi connectivity index (χ3v) is 5.90. The van der Waals surface area contributed by atoms with E-state index in [-0.39, 0.29) is 17.7 Å². The van der Waals surface area contributed by atoms with Crippen LogP contribution in [0.3, 0.4) is 0 Å². The van der Waals surface area contributed by atoms with Gasteiger partial charge in [-0.05, 0) is 30.2 Å². The van der Waals surface area contributed by atoms with E-state index in [1.54, 1.807) is 31.3 Å². The lowest BCUT2D eigenvalue weighted by atomic mass is 9.99. The van der Waals surface area contributed by atoms with Crippen molar-refractivity contribution in [2.75, 3.05) is 11.9 Å². The van der Waals surface area contributed by atoms with Crippen molar-refractivity contribution in [3.8, 4) is 0 Å². The van der Waals surface area contributed by atoms with Gasteiger partial charge in [0.05, 0.1) is 11.4 Å². The Hall–Kier alpha value is -4.26. The molecule has 0 aromatic heterocycles. The second-order valence-electron chi connectivity index (χ2n) is 8.34. The van der Waals surface area contributed by atoms with Crippen molar-refractivity contribution in [1.82, 2.24) is 5.32 Å². The number of nitrogens with two attached hydrogens (primary N) is 1. The van der Waals surface area contributed by atoms with Crippen LogP contribution < -0.4 is 16.0 Å². The van der Waals surface area contributed by atoms with Crippen LogP contribution in [0.1, 0.15) is 34.0 Å². The molecule has 3 aromatic carbocycles. The number of nitrogens with zero attached hydrogens (tertiary/aromatic N) is 2. The van der Waals surface area contributed by atoms with E-state index in [9.17, 15) is 14.4 Å². The van der Waals surface area contributed by atoms with Gasteiger partial charge in [0.2, 0.25) is 18.0 Å². The number of benzodiazepines with no additional fused rings is 1. The van der Waals surface area contributed by atoms with Crippen LogP contribution in [0.2, 0.25) is 0 Å². The molecule has 7 heteroatoms. The minimum atomic E-state index is -1.09. The van der Waals surface area contributed by atoms with Crippen molar-refractivity contribution in [3.63, 3.8) is 0 Å². The quantitative estimate of drug-likeness (QED) is 0.598. The number of rotatable bonds is 6. The summed E-state index contributed by atoms with van der Waals surface area (Å²) in [4.78, 5) is 44.0. The molecular weight excluding hydrogens is 428 g/mol. The minimum absolute atomic E-state index is 0.256. The number of benzene rings is 3. The van der Waals surface area contributed by atoms with E-state index in [0.717, 1.165) is 11.1 Å². The first kappa shape index (κ1) is 22.9. The molecule has 3 N–H and O–H groups in total. The van der Waals surface area contributed by atoms with Gasteiger partial charge in [0.15, 0.2) is 0 Å². The van der Waals surface area contributed by atoms with E-state index in [1.165, 1.54) is 4.90 Å². The highest BCUT2D eigenvalue weighted by molar-refractivity contribution is 6.20. The topological polar surface area (TPSA) is 105 Å². The van der Waals surface area contributed by atoms with Gasteiger partial charge in [-0.1, -0.05) is 67.6 Å². The van der Waals surface area contributed by atoms with Crippen LogP contribution in [-0.2, 0) is 16.0 Å². The van der Waals surface area contributed by atoms with Crippen LogP contribution in [-0.4, -0.2) is 36.6 Å². The van der Waals surface area contributed by atoms with Crippen LogP contribution in [0.4, 0.5) is 5.69 Å². The van der Waals surface area contributed by atoms with Crippen molar-refractivity contribution in [2.45, 2.75) is 19.5 Å². The van der Waals surface area contributed by atoms with E-state index in [1.807, 2.05) is 61.5 Å². The molecule has 34 heavy (non-hydrogen) atoms. The first-order valence-corrected chi connectivity index (χ1v) is 11.0. The Morgan fingerprint density at radius 3 is 2.32 bits per heavy atom. The van der Waals surface area contributed by atoms with E-state index in [4.69, 9.17) is 10.7 Å². The van der Waals surface area contributed by atoms with Crippen LogP contribution in [0.5, 0.6) is 0 Å². The van der Waals surface area contributed by atoms with Gasteiger partial charge in [0.25, 0.3) is 5.91 Å². The average Bonchev–Trinajstić information content (AvgIpc) is 2.95. The normalized spacial score (nSPS) is 16.2. The zero-order valence-electron chi connectivity index (χ0n) is 19.1. The summed E-state index contributed by atoms with van der Waals surface area (Å²) in [6.45, 7) is 1.83. The van der Waals surface area contributed by atoms with Gasteiger partial charge in [-0.15, -0.1) is 0 Å². The molecule has 0 radical (unpaired) electrons. The van der Waals surface area contributed by atoms with Gasteiger partial charge in [-0.3, -0.25) is 14.4 Å². The zero-order valence-corrected chi connectivity index (χ0v) is 19.1. The molecule has 1 aliphatic rings. The van der Waals surface area contributed by atoms with Crippen LogP contribution in [0, 0.1) is 5.92 Å². The Morgan fingerprint density at radius 1 is 1.00 bits per heavy atom. The van der Waals surface area contributed by atoms with Crippen molar-refractivity contribution in [1.29, 1.82) is 0 Å². The number of hydrogen-bond donors (Lipinski definition) is 2. The lowest BCUT2D eigenvalue weighted by Gasteiger charge is -2.22. The molecule has 7 nitrogen and oxygen atoms in total. The Kier molecular flexibility index (Phi) is 6.54. The fourth-order valence-electron chi connectivity index (χ4n) is 3.98. The maximum Gasteiger partial charge on any atom is 0.272 e. The summed E-state index contributed by atoms with van der Waals surface area (Å²) in [6, 6.07) is 23.9. The van der Waals surface area contributed by atoms with Gasteiger partial charge in [0, 0.05) is 29.7 Å². The van der Waals surface area contributed by atoms with Crippen molar-refractivity contribution >= 4 is 29.1 Å². The molecule has 2 unspecified atom stereocenters. The molecule has 0 saturated heterocycles. The highest BCUT2D eigenvalue weighted by atomic mass is 16.2. The SMILES string of the molecule is CC(Cc1ccccc1)C(=O)NC1N=C(c2ccc(C(N)=O)cc2)c2ccccc2N(C)C1=O. The fourth-order valence-corrected chi connectivity index (χ4v) is 3.98. The third kappa shape index (κ3) is 4.73. The second kappa shape index (κ2) is 9.70. The number of likely N-dealkylation sites (N-methyl/N-ethyl adjacent to an activating group) is 1. The van der Waals surface area contributed by atoms with Crippen LogP contribution in [0.15, 0.2) is 83.9 Å². The van der Waals surface area contributed by atoms with E-state index < -0.39 is 12.1 Å². The summed E-state index contributed by atoms with van der Waals surface area (Å²) in [5.74, 6) is -1.47. The molecule has 3 amide bonds. The van der Waals surface area contributed by atoms with Gasteiger partial charge >= 0.3 is 0 Å². The fraction of sp³-hybridized carbons (Fsp3) is 0.185. The van der Waals surface area contributed by atoms with Crippen LogP contribution in [0.25, 0.3) is 0 Å². The minimum Gasteiger partial charge on any atom is -0.366 e. The number of fused-ring (bicyclic) bond motifs is 1. The number of hydrogen-bond acceptors (Lipinski definition) is 4. The maximum absolute atomic E-state index is 13.3. The first-order chi connectivity index (χ1) is 16.3. The smallest absolute Gasteiger partial charge is 0.272 e. The largest absolute Gasteiger partial charge is 0.366 e. The second-order valence-corrected chi connectivity index (χ2v) is 8.34. The Bertz CT molecular complexity index is 1250. The molecule has 2 atom stereocenters. The van der Waals surface area contributed by atoms with Crippen LogP contribution >= 0.6 is 0 Å². The number of carbonyl (C=O) groups excluding carboxylic acids is 3. The van der Waals surface area contributed by atoms with Crippen molar-refractivity contribution < 1.29 is 14.4 Å². The summed E-state index contributed by atoms with van der Waals surface area (Å²) in [7, 11) is 1.67. The molecular formula is C27H26N4O3. The van der Waals surface area contributed by atoms with E-state index >= 15 is 0 Å². The monoisotopic (exact) mass is 454 g/mol.